The molecule has 2 N–H and O–H groups in total. The van der Waals surface area contributed by atoms with Crippen LogP contribution in [-0.4, -0.2) is 33.2 Å². The Balaban J connectivity index is 1.78. The second kappa shape index (κ2) is 10.6. The van der Waals surface area contributed by atoms with E-state index in [1.54, 1.807) is 14.2 Å². The minimum atomic E-state index is 0.0488. The van der Waals surface area contributed by atoms with E-state index in [0.717, 1.165) is 17.7 Å². The summed E-state index contributed by atoms with van der Waals surface area (Å²) in [7, 11) is 3.24. The van der Waals surface area contributed by atoms with Crippen LogP contribution >= 0.6 is 0 Å². The Morgan fingerprint density at radius 1 is 1.04 bits per heavy atom. The number of carbonyl (C=O) groups excluding carboxylic acids is 1. The van der Waals surface area contributed by atoms with Gasteiger partial charge in [0.05, 0.1) is 14.2 Å². The van der Waals surface area contributed by atoms with Crippen LogP contribution < -0.4 is 20.1 Å². The number of benzene rings is 2. The number of para-hydroxylation sites is 1. The van der Waals surface area contributed by atoms with E-state index in [0.29, 0.717) is 36.9 Å². The van der Waals surface area contributed by atoms with Gasteiger partial charge in [0, 0.05) is 25.2 Å². The van der Waals surface area contributed by atoms with E-state index in [9.17, 15) is 4.79 Å². The first kappa shape index (κ1) is 21.6. The van der Waals surface area contributed by atoms with Gasteiger partial charge in [-0.15, -0.1) is 0 Å². The van der Waals surface area contributed by atoms with E-state index >= 15 is 0 Å². The summed E-state index contributed by atoms with van der Waals surface area (Å²) in [4.78, 5) is 12.2. The van der Waals surface area contributed by atoms with Gasteiger partial charge < -0.3 is 20.1 Å². The Morgan fingerprint density at radius 2 is 1.79 bits per heavy atom. The molecule has 2 rings (SSSR count). The summed E-state index contributed by atoms with van der Waals surface area (Å²) in [6.45, 7) is 7.67. The van der Waals surface area contributed by atoms with E-state index in [-0.39, 0.29) is 5.91 Å². The van der Waals surface area contributed by atoms with Crippen LogP contribution in [-0.2, 0) is 11.2 Å². The van der Waals surface area contributed by atoms with Crippen molar-refractivity contribution in [3.05, 3.63) is 53.1 Å². The maximum Gasteiger partial charge on any atom is 0.221 e. The normalized spacial score (nSPS) is 10.6. The number of amides is 1. The summed E-state index contributed by atoms with van der Waals surface area (Å²) in [6, 6.07) is 12.1. The molecule has 5 heteroatoms. The Bertz CT molecular complexity index is 787. The third kappa shape index (κ3) is 5.91. The highest BCUT2D eigenvalue weighted by atomic mass is 16.5. The summed E-state index contributed by atoms with van der Waals surface area (Å²) in [5.74, 6) is 1.90. The van der Waals surface area contributed by atoms with Crippen LogP contribution in [0, 0.1) is 6.92 Å². The summed E-state index contributed by atoms with van der Waals surface area (Å²) in [5.41, 5.74) is 4.74. The fourth-order valence-electron chi connectivity index (χ4n) is 3.18. The predicted octanol–water partition coefficient (Wildman–Crippen LogP) is 4.30. The highest BCUT2D eigenvalue weighted by molar-refractivity contribution is 5.76. The van der Waals surface area contributed by atoms with Crippen molar-refractivity contribution in [2.45, 2.75) is 39.5 Å². The van der Waals surface area contributed by atoms with Gasteiger partial charge in [0.2, 0.25) is 5.91 Å². The highest BCUT2D eigenvalue weighted by Gasteiger charge is 2.09. The molecule has 0 aliphatic rings. The smallest absolute Gasteiger partial charge is 0.221 e. The number of hydrogen-bond acceptors (Lipinski definition) is 4. The van der Waals surface area contributed by atoms with Gasteiger partial charge in [0.15, 0.2) is 11.5 Å². The zero-order valence-electron chi connectivity index (χ0n) is 17.6. The van der Waals surface area contributed by atoms with E-state index in [1.165, 1.54) is 11.1 Å². The molecule has 0 radical (unpaired) electrons. The molecule has 0 aliphatic carbocycles. The lowest BCUT2D eigenvalue weighted by Gasteiger charge is -2.17. The van der Waals surface area contributed by atoms with Crippen molar-refractivity contribution in [1.82, 2.24) is 5.32 Å². The molecular formula is C23H32N2O3. The highest BCUT2D eigenvalue weighted by Crippen LogP contribution is 2.28. The molecule has 0 saturated carbocycles. The lowest BCUT2D eigenvalue weighted by atomic mass is 9.98. The predicted molar refractivity (Wildman–Crippen MR) is 115 cm³/mol. The Hall–Kier alpha value is -2.69. The molecule has 2 aromatic carbocycles. The molecular weight excluding hydrogens is 352 g/mol. The molecule has 0 saturated heterocycles. The van der Waals surface area contributed by atoms with E-state index in [2.05, 4.69) is 49.6 Å². The molecule has 0 bridgehead atoms. The van der Waals surface area contributed by atoms with Gasteiger partial charge in [-0.1, -0.05) is 38.1 Å². The molecule has 1 amide bonds. The van der Waals surface area contributed by atoms with Gasteiger partial charge in [0.1, 0.15) is 0 Å². The minimum absolute atomic E-state index is 0.0488. The van der Waals surface area contributed by atoms with Gasteiger partial charge in [-0.3, -0.25) is 4.79 Å². The summed E-state index contributed by atoms with van der Waals surface area (Å²) >= 11 is 0. The van der Waals surface area contributed by atoms with Crippen molar-refractivity contribution < 1.29 is 14.3 Å². The Labute approximate surface area is 168 Å². The number of nitrogens with one attached hydrogen (secondary N) is 2. The zero-order chi connectivity index (χ0) is 20.5. The second-order valence-electron chi connectivity index (χ2n) is 7.16. The monoisotopic (exact) mass is 384 g/mol. The van der Waals surface area contributed by atoms with Crippen LogP contribution in [0.25, 0.3) is 0 Å². The Morgan fingerprint density at radius 3 is 2.46 bits per heavy atom. The summed E-state index contributed by atoms with van der Waals surface area (Å²) < 4.78 is 10.6. The molecule has 0 atom stereocenters. The van der Waals surface area contributed by atoms with Crippen molar-refractivity contribution in [1.29, 1.82) is 0 Å². The van der Waals surface area contributed by atoms with Crippen molar-refractivity contribution >= 4 is 11.6 Å². The fourth-order valence-corrected chi connectivity index (χ4v) is 3.18. The van der Waals surface area contributed by atoms with Crippen LogP contribution in [0.3, 0.4) is 0 Å². The molecule has 0 unspecified atom stereocenters. The van der Waals surface area contributed by atoms with Gasteiger partial charge in [-0.25, -0.2) is 0 Å². The summed E-state index contributed by atoms with van der Waals surface area (Å²) in [5, 5.41) is 6.42. The molecule has 0 fully saturated rings. The number of aryl methyl sites for hydroxylation is 1. The van der Waals surface area contributed by atoms with Gasteiger partial charge >= 0.3 is 0 Å². The van der Waals surface area contributed by atoms with E-state index in [1.807, 2.05) is 18.2 Å². The Kier molecular flexibility index (Phi) is 8.18. The molecule has 152 valence electrons. The molecule has 0 aliphatic heterocycles. The maximum absolute atomic E-state index is 12.2. The largest absolute Gasteiger partial charge is 0.493 e. The number of rotatable bonds is 10. The average Bonchev–Trinajstić information content (AvgIpc) is 2.68. The first-order valence-corrected chi connectivity index (χ1v) is 9.77. The second-order valence-corrected chi connectivity index (χ2v) is 7.16. The van der Waals surface area contributed by atoms with Gasteiger partial charge in [-0.2, -0.15) is 0 Å². The van der Waals surface area contributed by atoms with Gasteiger partial charge in [0.25, 0.3) is 0 Å². The first-order chi connectivity index (χ1) is 13.5. The minimum Gasteiger partial charge on any atom is -0.493 e. The summed E-state index contributed by atoms with van der Waals surface area (Å²) in [6.07, 6.45) is 1.19. The third-order valence-corrected chi connectivity index (χ3v) is 4.76. The average molecular weight is 385 g/mol. The quantitative estimate of drug-likeness (QED) is 0.641. The van der Waals surface area contributed by atoms with Crippen molar-refractivity contribution in [2.24, 2.45) is 0 Å². The molecule has 28 heavy (non-hydrogen) atoms. The number of hydrogen-bond donors (Lipinski definition) is 2. The zero-order valence-corrected chi connectivity index (χ0v) is 17.6. The van der Waals surface area contributed by atoms with E-state index < -0.39 is 0 Å². The van der Waals surface area contributed by atoms with Crippen molar-refractivity contribution in [3.63, 3.8) is 0 Å². The van der Waals surface area contributed by atoms with Crippen LogP contribution in [0.4, 0.5) is 5.69 Å². The first-order valence-electron chi connectivity index (χ1n) is 9.77. The molecule has 0 heterocycles. The third-order valence-electron chi connectivity index (χ3n) is 4.76. The molecule has 2 aromatic rings. The SMILES string of the molecule is COc1ccc(CCNC(=O)CCNc2c(C)cccc2C(C)C)cc1OC. The van der Waals surface area contributed by atoms with Crippen molar-refractivity contribution in [2.75, 3.05) is 32.6 Å². The van der Waals surface area contributed by atoms with Gasteiger partial charge in [-0.05, 0) is 48.1 Å². The van der Waals surface area contributed by atoms with Crippen LogP contribution in [0.2, 0.25) is 0 Å². The number of methoxy groups -OCH3 is 2. The standard InChI is InChI=1S/C23H32N2O3/c1-16(2)19-8-6-7-17(3)23(19)25-14-12-22(26)24-13-11-18-9-10-20(27-4)21(15-18)28-5/h6-10,15-16,25H,11-14H2,1-5H3,(H,24,26). The molecule has 0 aromatic heterocycles. The number of carbonyl (C=O) groups is 1. The lowest BCUT2D eigenvalue weighted by Crippen LogP contribution is -2.27. The topological polar surface area (TPSA) is 59.6 Å². The van der Waals surface area contributed by atoms with E-state index in [4.69, 9.17) is 9.47 Å². The van der Waals surface area contributed by atoms with Crippen molar-refractivity contribution in [3.8, 4) is 11.5 Å². The lowest BCUT2D eigenvalue weighted by molar-refractivity contribution is -0.120. The molecule has 0 spiro atoms. The molecule has 5 nitrogen and oxygen atoms in total. The number of anilines is 1. The van der Waals surface area contributed by atoms with Crippen LogP contribution in [0.1, 0.15) is 42.9 Å². The van der Waals surface area contributed by atoms with Crippen LogP contribution in [0.15, 0.2) is 36.4 Å². The maximum atomic E-state index is 12.2. The fraction of sp³-hybridized carbons (Fsp3) is 0.435. The number of ether oxygens (including phenoxy) is 2. The van der Waals surface area contributed by atoms with Crippen LogP contribution in [0.5, 0.6) is 11.5 Å².